The third-order valence-corrected chi connectivity index (χ3v) is 5.38. The van der Waals surface area contributed by atoms with Gasteiger partial charge in [-0.25, -0.2) is 0 Å². The Morgan fingerprint density at radius 3 is 2.63 bits per heavy atom. The van der Waals surface area contributed by atoms with Crippen LogP contribution in [0.2, 0.25) is 0 Å². The van der Waals surface area contributed by atoms with Crippen LogP contribution in [0.15, 0.2) is 36.4 Å². The van der Waals surface area contributed by atoms with Gasteiger partial charge in [0, 0.05) is 20.1 Å². The second-order valence-corrected chi connectivity index (χ2v) is 7.24. The summed E-state index contributed by atoms with van der Waals surface area (Å²) in [5.74, 6) is -0.321. The van der Waals surface area contributed by atoms with Gasteiger partial charge in [-0.1, -0.05) is 18.2 Å². The average molecular weight is 370 g/mol. The van der Waals surface area contributed by atoms with Gasteiger partial charge in [0.05, 0.1) is 19.1 Å². The molecule has 6 nitrogen and oxygen atoms in total. The fourth-order valence-corrected chi connectivity index (χ4v) is 3.67. The summed E-state index contributed by atoms with van der Waals surface area (Å²) in [5, 5.41) is 11.3. The molecule has 0 spiro atoms. The monoisotopic (exact) mass is 370 g/mol. The Bertz CT molecular complexity index is 851. The maximum Gasteiger partial charge on any atom is 0.307 e. The molecule has 1 heterocycles. The largest absolute Gasteiger partial charge is 0.497 e. The van der Waals surface area contributed by atoms with Gasteiger partial charge in [-0.15, -0.1) is 0 Å². The predicted molar refractivity (Wildman–Crippen MR) is 104 cm³/mol. The number of benzene rings is 2. The number of fused-ring (bicyclic) bond motifs is 1. The highest BCUT2D eigenvalue weighted by Gasteiger charge is 2.34. The fourth-order valence-electron chi connectivity index (χ4n) is 3.67. The number of methoxy groups -OCH3 is 1. The van der Waals surface area contributed by atoms with Gasteiger partial charge in [0.1, 0.15) is 5.75 Å². The standard InChI is InChI=1S/C21H26N2O4/c1-14(23-9-8-18(13-23)21(25)26)20(24)22(2)12-15-4-5-17-11-19(27-3)7-6-16(17)10-15/h4-7,10-11,14,18H,8-9,12-13H2,1-3H3,(H,25,26). The number of carboxylic acids is 1. The Hall–Kier alpha value is -2.60. The van der Waals surface area contributed by atoms with E-state index in [1.807, 2.05) is 42.2 Å². The number of hydrogen-bond acceptors (Lipinski definition) is 4. The van der Waals surface area contributed by atoms with Gasteiger partial charge in [0.25, 0.3) is 0 Å². The van der Waals surface area contributed by atoms with Crippen LogP contribution >= 0.6 is 0 Å². The van der Waals surface area contributed by atoms with Gasteiger partial charge < -0.3 is 14.7 Å². The molecule has 6 heteroatoms. The summed E-state index contributed by atoms with van der Waals surface area (Å²) in [6.45, 7) is 3.46. The Morgan fingerprint density at radius 1 is 1.26 bits per heavy atom. The number of amides is 1. The first kappa shape index (κ1) is 19.2. The second kappa shape index (κ2) is 7.96. The van der Waals surface area contributed by atoms with Gasteiger partial charge in [-0.05, 0) is 54.4 Å². The second-order valence-electron chi connectivity index (χ2n) is 7.24. The molecular weight excluding hydrogens is 344 g/mol. The number of ether oxygens (including phenoxy) is 1. The quantitative estimate of drug-likeness (QED) is 0.846. The smallest absolute Gasteiger partial charge is 0.307 e. The summed E-state index contributed by atoms with van der Waals surface area (Å²) in [6, 6.07) is 11.7. The highest BCUT2D eigenvalue weighted by atomic mass is 16.5. The minimum atomic E-state index is -0.779. The summed E-state index contributed by atoms with van der Waals surface area (Å²) in [4.78, 5) is 27.6. The van der Waals surface area contributed by atoms with Crippen molar-refractivity contribution in [2.45, 2.75) is 25.9 Å². The fraction of sp³-hybridized carbons (Fsp3) is 0.429. The summed E-state index contributed by atoms with van der Waals surface area (Å²) in [7, 11) is 3.44. The maximum atomic E-state index is 12.8. The molecule has 27 heavy (non-hydrogen) atoms. The summed E-state index contributed by atoms with van der Waals surface area (Å²) >= 11 is 0. The Morgan fingerprint density at radius 2 is 1.96 bits per heavy atom. The molecule has 2 unspecified atom stereocenters. The zero-order valence-corrected chi connectivity index (χ0v) is 16.0. The molecule has 2 aromatic carbocycles. The molecule has 1 N–H and O–H groups in total. The van der Waals surface area contributed by atoms with E-state index in [1.165, 1.54) is 0 Å². The number of carbonyl (C=O) groups is 2. The number of hydrogen-bond donors (Lipinski definition) is 1. The first-order chi connectivity index (χ1) is 12.9. The number of rotatable bonds is 6. The normalized spacial score (nSPS) is 18.4. The molecule has 0 aliphatic carbocycles. The van der Waals surface area contributed by atoms with Crippen LogP contribution in [-0.4, -0.2) is 60.1 Å². The van der Waals surface area contributed by atoms with Crippen LogP contribution in [0.5, 0.6) is 5.75 Å². The van der Waals surface area contributed by atoms with Crippen molar-refractivity contribution in [3.63, 3.8) is 0 Å². The van der Waals surface area contributed by atoms with Crippen LogP contribution in [0.1, 0.15) is 18.9 Å². The molecule has 1 fully saturated rings. The van der Waals surface area contributed by atoms with Gasteiger partial charge in [0.2, 0.25) is 5.91 Å². The minimum absolute atomic E-state index is 0.0101. The number of likely N-dealkylation sites (N-methyl/N-ethyl adjacent to an activating group) is 1. The van der Waals surface area contributed by atoms with E-state index < -0.39 is 5.97 Å². The lowest BCUT2D eigenvalue weighted by molar-refractivity contribution is -0.142. The minimum Gasteiger partial charge on any atom is -0.497 e. The number of nitrogens with zero attached hydrogens (tertiary/aromatic N) is 2. The van der Waals surface area contributed by atoms with Gasteiger partial charge >= 0.3 is 5.97 Å². The van der Waals surface area contributed by atoms with Crippen molar-refractivity contribution < 1.29 is 19.4 Å². The van der Waals surface area contributed by atoms with Crippen LogP contribution < -0.4 is 4.74 Å². The number of carbonyl (C=O) groups excluding carboxylic acids is 1. The SMILES string of the molecule is COc1ccc2cc(CN(C)C(=O)C(C)N3CCC(C(=O)O)C3)ccc2c1. The Labute approximate surface area is 159 Å². The highest BCUT2D eigenvalue weighted by molar-refractivity contribution is 5.85. The summed E-state index contributed by atoms with van der Waals surface area (Å²) < 4.78 is 5.25. The van der Waals surface area contributed by atoms with Crippen molar-refractivity contribution in [1.82, 2.24) is 9.80 Å². The Balaban J connectivity index is 1.65. The van der Waals surface area contributed by atoms with E-state index in [0.717, 1.165) is 22.1 Å². The van der Waals surface area contributed by atoms with E-state index in [4.69, 9.17) is 9.84 Å². The molecule has 144 valence electrons. The zero-order chi connectivity index (χ0) is 19.6. The maximum absolute atomic E-state index is 12.8. The van der Waals surface area contributed by atoms with Crippen molar-refractivity contribution in [3.8, 4) is 5.75 Å². The van der Waals surface area contributed by atoms with E-state index in [0.29, 0.717) is 26.1 Å². The first-order valence-corrected chi connectivity index (χ1v) is 9.17. The van der Waals surface area contributed by atoms with E-state index in [-0.39, 0.29) is 17.9 Å². The lowest BCUT2D eigenvalue weighted by Crippen LogP contribution is -2.44. The number of likely N-dealkylation sites (tertiary alicyclic amines) is 1. The predicted octanol–water partition coefficient (Wildman–Crippen LogP) is 2.60. The molecule has 0 radical (unpaired) electrons. The third kappa shape index (κ3) is 4.22. The van der Waals surface area contributed by atoms with Gasteiger partial charge in [0.15, 0.2) is 0 Å². The van der Waals surface area contributed by atoms with Crippen molar-refractivity contribution >= 4 is 22.6 Å². The zero-order valence-electron chi connectivity index (χ0n) is 16.0. The number of carboxylic acid groups (broad SMARTS) is 1. The molecule has 2 aromatic rings. The van der Waals surface area contributed by atoms with E-state index in [2.05, 4.69) is 6.07 Å². The van der Waals surface area contributed by atoms with Crippen LogP contribution in [0, 0.1) is 5.92 Å². The topological polar surface area (TPSA) is 70.1 Å². The molecule has 1 amide bonds. The third-order valence-electron chi connectivity index (χ3n) is 5.38. The summed E-state index contributed by atoms with van der Waals surface area (Å²) in [6.07, 6.45) is 0.602. The van der Waals surface area contributed by atoms with Crippen LogP contribution in [0.3, 0.4) is 0 Å². The van der Waals surface area contributed by atoms with Gasteiger partial charge in [-0.2, -0.15) is 0 Å². The van der Waals surface area contributed by atoms with Crippen LogP contribution in [0.4, 0.5) is 0 Å². The van der Waals surface area contributed by atoms with Crippen molar-refractivity contribution in [3.05, 3.63) is 42.0 Å². The van der Waals surface area contributed by atoms with Crippen molar-refractivity contribution in [2.24, 2.45) is 5.92 Å². The Kier molecular flexibility index (Phi) is 5.65. The molecule has 1 aliphatic rings. The molecule has 0 bridgehead atoms. The molecule has 1 saturated heterocycles. The lowest BCUT2D eigenvalue weighted by Gasteiger charge is -2.28. The first-order valence-electron chi connectivity index (χ1n) is 9.17. The molecule has 1 aliphatic heterocycles. The molecule has 0 aromatic heterocycles. The lowest BCUT2D eigenvalue weighted by atomic mass is 10.1. The molecule has 2 atom stereocenters. The average Bonchev–Trinajstić information content (AvgIpc) is 3.16. The van der Waals surface area contributed by atoms with Gasteiger partial charge in [-0.3, -0.25) is 14.5 Å². The van der Waals surface area contributed by atoms with E-state index >= 15 is 0 Å². The molecule has 0 saturated carbocycles. The van der Waals surface area contributed by atoms with E-state index in [1.54, 1.807) is 19.1 Å². The van der Waals surface area contributed by atoms with Crippen molar-refractivity contribution in [1.29, 1.82) is 0 Å². The molecular formula is C21H26N2O4. The van der Waals surface area contributed by atoms with Crippen molar-refractivity contribution in [2.75, 3.05) is 27.2 Å². The van der Waals surface area contributed by atoms with E-state index in [9.17, 15) is 9.59 Å². The molecule has 3 rings (SSSR count). The number of aliphatic carboxylic acids is 1. The summed E-state index contributed by atoms with van der Waals surface area (Å²) in [5.41, 5.74) is 1.06. The highest BCUT2D eigenvalue weighted by Crippen LogP contribution is 2.23. The van der Waals surface area contributed by atoms with Crippen LogP contribution in [0.25, 0.3) is 10.8 Å². The van der Waals surface area contributed by atoms with Crippen LogP contribution in [-0.2, 0) is 16.1 Å².